The van der Waals surface area contributed by atoms with E-state index >= 15 is 0 Å². The van der Waals surface area contributed by atoms with Crippen LogP contribution in [0.2, 0.25) is 5.02 Å². The molecule has 1 amide bonds. The number of benzene rings is 3. The summed E-state index contributed by atoms with van der Waals surface area (Å²) in [6.45, 7) is 5.73. The number of carbonyl (C=O) groups is 2. The topological polar surface area (TPSA) is 156 Å². The van der Waals surface area contributed by atoms with Crippen molar-refractivity contribution in [3.63, 3.8) is 0 Å². The van der Waals surface area contributed by atoms with Gasteiger partial charge in [-0.2, -0.15) is 0 Å². The molecule has 1 atom stereocenters. The lowest BCUT2D eigenvalue weighted by molar-refractivity contribution is -0.710. The van der Waals surface area contributed by atoms with Gasteiger partial charge in [-0.3, -0.25) is 15.2 Å². The molecule has 0 radical (unpaired) electrons. The Bertz CT molecular complexity index is 1630. The van der Waals surface area contributed by atoms with Gasteiger partial charge in [-0.25, -0.2) is 17.9 Å². The van der Waals surface area contributed by atoms with Gasteiger partial charge in [0.05, 0.1) is 40.4 Å². The summed E-state index contributed by atoms with van der Waals surface area (Å²) in [5, 5.41) is 18.1. The van der Waals surface area contributed by atoms with E-state index < -0.39 is 28.7 Å². The predicted octanol–water partition coefficient (Wildman–Crippen LogP) is 4.18. The summed E-state index contributed by atoms with van der Waals surface area (Å²) in [5.74, 6) is -1.20. The van der Waals surface area contributed by atoms with E-state index in [0.29, 0.717) is 18.7 Å². The van der Waals surface area contributed by atoms with Crippen molar-refractivity contribution in [2.45, 2.75) is 44.7 Å². The molecule has 3 aromatic rings. The number of rotatable bonds is 13. The molecule has 1 aliphatic heterocycles. The number of nitrogens with one attached hydrogen (secondary N) is 2. The van der Waals surface area contributed by atoms with Gasteiger partial charge in [-0.05, 0) is 74.7 Å². The number of anilines is 1. The number of amides is 1. The van der Waals surface area contributed by atoms with Crippen LogP contribution in [0.3, 0.4) is 0 Å². The molecule has 0 aliphatic carbocycles. The number of carbonyl (C=O) groups excluding carboxylic acids is 2. The molecular weight excluding hydrogens is 612 g/mol. The first-order valence-electron chi connectivity index (χ1n) is 13.8. The molecule has 15 heteroatoms. The lowest BCUT2D eigenvalue weighted by atomic mass is 10.1. The van der Waals surface area contributed by atoms with Crippen molar-refractivity contribution in [2.75, 3.05) is 24.9 Å². The fourth-order valence-corrected chi connectivity index (χ4v) is 6.07. The molecule has 1 heterocycles. The SMILES string of the molecule is CCN(CC)[N+]([O-])=NOCOC(=O)c1ccc(CNS(=O)(=O)c2cc(C(=O)NN3c4ccccc4C[C@H]3C)ccc2Cl)cc1. The highest BCUT2D eigenvalue weighted by Gasteiger charge is 2.28. The molecule has 3 aromatic carbocycles. The third-order valence-electron chi connectivity index (χ3n) is 6.91. The van der Waals surface area contributed by atoms with Crippen LogP contribution in [0.15, 0.2) is 76.9 Å². The van der Waals surface area contributed by atoms with E-state index in [0.717, 1.165) is 17.7 Å². The maximum absolute atomic E-state index is 13.1. The number of para-hydroxylation sites is 1. The first kappa shape index (κ1) is 32.5. The van der Waals surface area contributed by atoms with Gasteiger partial charge in [0.1, 0.15) is 4.90 Å². The zero-order chi connectivity index (χ0) is 31.9. The number of halogens is 1. The number of esters is 1. The molecule has 4 rings (SSSR count). The standard InChI is InChI=1S/C29H33ClN6O7S/c1-4-34(5-2)36(39)33-43-19-42-29(38)22-12-10-21(11-13-22)18-31-44(40,41)27-17-24(14-15-25(27)30)28(37)32-35-20(3)16-23-8-6-7-9-26(23)35/h6-15,17,20,31H,4-5,16,18-19H2,1-3H3,(H,32,37)/t20-/m1/s1. The van der Waals surface area contributed by atoms with Crippen molar-refractivity contribution >= 4 is 39.2 Å². The molecule has 2 N–H and O–H groups in total. The van der Waals surface area contributed by atoms with Gasteiger partial charge in [0.25, 0.3) is 12.7 Å². The third-order valence-corrected chi connectivity index (χ3v) is 8.79. The fraction of sp³-hybridized carbons (Fsp3) is 0.310. The van der Waals surface area contributed by atoms with E-state index in [4.69, 9.17) is 21.2 Å². The van der Waals surface area contributed by atoms with E-state index in [2.05, 4.69) is 15.4 Å². The van der Waals surface area contributed by atoms with Crippen molar-refractivity contribution in [3.05, 3.63) is 99.2 Å². The van der Waals surface area contributed by atoms with Gasteiger partial charge >= 0.3 is 5.97 Å². The quantitative estimate of drug-likeness (QED) is 0.0696. The molecule has 44 heavy (non-hydrogen) atoms. The van der Waals surface area contributed by atoms with Gasteiger partial charge in [-0.1, -0.05) is 41.9 Å². The average Bonchev–Trinajstić information content (AvgIpc) is 3.33. The van der Waals surface area contributed by atoms with Gasteiger partial charge in [0.2, 0.25) is 15.3 Å². The Hall–Kier alpha value is -4.40. The second-order valence-electron chi connectivity index (χ2n) is 9.81. The highest BCUT2D eigenvalue weighted by molar-refractivity contribution is 7.89. The summed E-state index contributed by atoms with van der Waals surface area (Å²) in [4.78, 5) is 30.1. The first-order chi connectivity index (χ1) is 21.0. The second-order valence-corrected chi connectivity index (χ2v) is 12.0. The van der Waals surface area contributed by atoms with E-state index in [1.165, 1.54) is 35.3 Å². The molecule has 13 nitrogen and oxygen atoms in total. The summed E-state index contributed by atoms with van der Waals surface area (Å²) < 4.78 is 33.7. The average molecular weight is 645 g/mol. The highest BCUT2D eigenvalue weighted by atomic mass is 35.5. The normalized spacial score (nSPS) is 14.6. The summed E-state index contributed by atoms with van der Waals surface area (Å²) in [6, 6.07) is 17.8. The number of nitrogens with zero attached hydrogens (tertiary/aromatic N) is 4. The summed E-state index contributed by atoms with van der Waals surface area (Å²) >= 11 is 6.23. The number of ether oxygens (including phenoxy) is 1. The molecule has 234 valence electrons. The van der Waals surface area contributed by atoms with Crippen molar-refractivity contribution in [1.82, 2.24) is 15.2 Å². The van der Waals surface area contributed by atoms with Crippen molar-refractivity contribution < 1.29 is 32.6 Å². The Morgan fingerprint density at radius 2 is 1.77 bits per heavy atom. The molecule has 0 saturated heterocycles. The molecule has 0 fully saturated rings. The zero-order valence-corrected chi connectivity index (χ0v) is 26.0. The molecule has 1 aliphatic rings. The lowest BCUT2D eigenvalue weighted by Crippen LogP contribution is -2.45. The highest BCUT2D eigenvalue weighted by Crippen LogP contribution is 2.30. The molecule has 0 aromatic heterocycles. The molecule has 0 spiro atoms. The van der Waals surface area contributed by atoms with E-state index in [-0.39, 0.29) is 38.6 Å². The molecular formula is C29H33ClN6O7S. The molecule has 0 unspecified atom stereocenters. The minimum Gasteiger partial charge on any atom is -0.569 e. The maximum Gasteiger partial charge on any atom is 0.341 e. The smallest absolute Gasteiger partial charge is 0.341 e. The first-order valence-corrected chi connectivity index (χ1v) is 15.7. The van der Waals surface area contributed by atoms with Crippen molar-refractivity contribution in [1.29, 1.82) is 0 Å². The van der Waals surface area contributed by atoms with Crippen LogP contribution in [0.5, 0.6) is 0 Å². The zero-order valence-electron chi connectivity index (χ0n) is 24.4. The summed E-state index contributed by atoms with van der Waals surface area (Å²) in [7, 11) is -4.12. The Balaban J connectivity index is 1.34. The minimum atomic E-state index is -4.12. The van der Waals surface area contributed by atoms with Gasteiger partial charge < -0.3 is 14.8 Å². The van der Waals surface area contributed by atoms with E-state index in [9.17, 15) is 23.2 Å². The van der Waals surface area contributed by atoms with Gasteiger partial charge in [-0.15, -0.1) is 5.01 Å². The van der Waals surface area contributed by atoms with E-state index in [1.807, 2.05) is 31.2 Å². The molecule has 0 bridgehead atoms. The van der Waals surface area contributed by atoms with Crippen molar-refractivity contribution in [3.8, 4) is 0 Å². The minimum absolute atomic E-state index is 0.0259. The number of fused-ring (bicyclic) bond motifs is 1. The van der Waals surface area contributed by atoms with Crippen LogP contribution < -0.4 is 15.2 Å². The lowest BCUT2D eigenvalue weighted by Gasteiger charge is -2.25. The second kappa shape index (κ2) is 14.4. The van der Waals surface area contributed by atoms with Crippen LogP contribution in [0, 0.1) is 5.21 Å². The molecule has 0 saturated carbocycles. The summed E-state index contributed by atoms with van der Waals surface area (Å²) in [6.07, 6.45) is 0.770. The number of hydrogen-bond acceptors (Lipinski definition) is 9. The number of hydrogen-bond donors (Lipinski definition) is 2. The Morgan fingerprint density at radius 1 is 1.09 bits per heavy atom. The van der Waals surface area contributed by atoms with Gasteiger partial charge in [0, 0.05) is 12.1 Å². The number of sulfonamides is 1. The Morgan fingerprint density at radius 3 is 2.48 bits per heavy atom. The predicted molar refractivity (Wildman–Crippen MR) is 162 cm³/mol. The van der Waals surface area contributed by atoms with Crippen LogP contribution >= 0.6 is 11.6 Å². The third kappa shape index (κ3) is 7.75. The van der Waals surface area contributed by atoms with Crippen LogP contribution in [0.25, 0.3) is 0 Å². The Kier molecular flexibility index (Phi) is 10.6. The monoisotopic (exact) mass is 644 g/mol. The summed E-state index contributed by atoms with van der Waals surface area (Å²) in [5.41, 5.74) is 5.72. The Labute approximate surface area is 260 Å². The van der Waals surface area contributed by atoms with Gasteiger partial charge in [0.15, 0.2) is 0 Å². The largest absolute Gasteiger partial charge is 0.569 e. The van der Waals surface area contributed by atoms with E-state index in [1.54, 1.807) is 31.0 Å². The fourth-order valence-electron chi connectivity index (χ4n) is 4.53. The van der Waals surface area contributed by atoms with Crippen LogP contribution in [0.4, 0.5) is 5.69 Å². The van der Waals surface area contributed by atoms with Crippen LogP contribution in [0.1, 0.15) is 52.6 Å². The number of hydrazine groups is 2. The maximum atomic E-state index is 13.1. The van der Waals surface area contributed by atoms with Crippen molar-refractivity contribution in [2.24, 2.45) is 5.28 Å². The van der Waals surface area contributed by atoms with Crippen LogP contribution in [-0.4, -0.2) is 56.2 Å². The van der Waals surface area contributed by atoms with Crippen LogP contribution in [-0.2, 0) is 32.6 Å².